The molecule has 0 bridgehead atoms. The number of carbonyl (C=O) groups excluding carboxylic acids is 1. The lowest BCUT2D eigenvalue weighted by Crippen LogP contribution is -2.34. The van der Waals surface area contributed by atoms with Crippen LogP contribution in [0.4, 0.5) is 11.4 Å². The van der Waals surface area contributed by atoms with E-state index in [1.54, 1.807) is 6.92 Å². The van der Waals surface area contributed by atoms with Gasteiger partial charge in [-0.2, -0.15) is 0 Å². The zero-order valence-corrected chi connectivity index (χ0v) is 10.9. The lowest BCUT2D eigenvalue weighted by Gasteiger charge is -2.28. The summed E-state index contributed by atoms with van der Waals surface area (Å²) in [5.74, 6) is -0.115. The molecule has 1 fully saturated rings. The van der Waals surface area contributed by atoms with Gasteiger partial charge in [0.25, 0.3) is 5.91 Å². The number of anilines is 2. The third-order valence-corrected chi connectivity index (χ3v) is 3.45. The average Bonchev–Trinajstić information content (AvgIpc) is 2.29. The molecule has 1 aliphatic carbocycles. The molecule has 4 heteroatoms. The first-order chi connectivity index (χ1) is 8.58. The SMILES string of the molecule is Cc1c(N)cccc1NC(=O)C(C)OC1CCC1. The van der Waals surface area contributed by atoms with Crippen LogP contribution in [-0.4, -0.2) is 18.1 Å². The molecule has 18 heavy (non-hydrogen) atoms. The van der Waals surface area contributed by atoms with Crippen LogP contribution >= 0.6 is 0 Å². The van der Waals surface area contributed by atoms with Crippen LogP contribution in [0.2, 0.25) is 0 Å². The molecule has 0 aromatic heterocycles. The molecule has 1 atom stereocenters. The number of nitrogens with one attached hydrogen (secondary N) is 1. The first-order valence-corrected chi connectivity index (χ1v) is 6.39. The Morgan fingerprint density at radius 1 is 1.50 bits per heavy atom. The molecule has 1 aromatic rings. The highest BCUT2D eigenvalue weighted by Gasteiger charge is 2.24. The van der Waals surface area contributed by atoms with Crippen molar-refractivity contribution in [1.29, 1.82) is 0 Å². The van der Waals surface area contributed by atoms with Gasteiger partial charge in [-0.1, -0.05) is 6.07 Å². The quantitative estimate of drug-likeness (QED) is 0.804. The second-order valence-corrected chi connectivity index (χ2v) is 4.84. The summed E-state index contributed by atoms with van der Waals surface area (Å²) in [6.07, 6.45) is 3.17. The minimum atomic E-state index is -0.420. The van der Waals surface area contributed by atoms with Crippen molar-refractivity contribution in [2.75, 3.05) is 11.1 Å². The van der Waals surface area contributed by atoms with E-state index in [-0.39, 0.29) is 12.0 Å². The van der Waals surface area contributed by atoms with Gasteiger partial charge >= 0.3 is 0 Å². The number of carbonyl (C=O) groups is 1. The average molecular weight is 248 g/mol. The first-order valence-electron chi connectivity index (χ1n) is 6.39. The highest BCUT2D eigenvalue weighted by molar-refractivity contribution is 5.95. The summed E-state index contributed by atoms with van der Waals surface area (Å²) in [4.78, 5) is 12.0. The Balaban J connectivity index is 1.95. The maximum atomic E-state index is 12.0. The fourth-order valence-electron chi connectivity index (χ4n) is 1.88. The van der Waals surface area contributed by atoms with Crippen molar-refractivity contribution in [2.45, 2.75) is 45.3 Å². The Bertz CT molecular complexity index is 441. The molecule has 1 saturated carbocycles. The van der Waals surface area contributed by atoms with Crippen LogP contribution in [0.5, 0.6) is 0 Å². The van der Waals surface area contributed by atoms with E-state index < -0.39 is 6.10 Å². The lowest BCUT2D eigenvalue weighted by atomic mass is 9.96. The largest absolute Gasteiger partial charge is 0.398 e. The van der Waals surface area contributed by atoms with Crippen molar-refractivity contribution in [3.63, 3.8) is 0 Å². The minimum absolute atomic E-state index is 0.115. The molecule has 98 valence electrons. The fourth-order valence-corrected chi connectivity index (χ4v) is 1.88. The summed E-state index contributed by atoms with van der Waals surface area (Å²) in [6, 6.07) is 5.49. The molecule has 0 radical (unpaired) electrons. The van der Waals surface area contributed by atoms with Crippen molar-refractivity contribution in [2.24, 2.45) is 0 Å². The predicted molar refractivity (Wildman–Crippen MR) is 72.4 cm³/mol. The molecule has 0 spiro atoms. The molecule has 1 amide bonds. The van der Waals surface area contributed by atoms with Crippen LogP contribution in [0.25, 0.3) is 0 Å². The van der Waals surface area contributed by atoms with E-state index in [9.17, 15) is 4.79 Å². The van der Waals surface area contributed by atoms with Crippen LogP contribution in [0, 0.1) is 6.92 Å². The van der Waals surface area contributed by atoms with Gasteiger partial charge in [0.05, 0.1) is 6.10 Å². The van der Waals surface area contributed by atoms with Gasteiger partial charge < -0.3 is 15.8 Å². The number of nitrogen functional groups attached to an aromatic ring is 1. The molecule has 1 aliphatic rings. The Hall–Kier alpha value is -1.55. The van der Waals surface area contributed by atoms with Crippen LogP contribution in [-0.2, 0) is 9.53 Å². The molecule has 1 unspecified atom stereocenters. The Morgan fingerprint density at radius 2 is 2.22 bits per heavy atom. The number of hydrogen-bond acceptors (Lipinski definition) is 3. The second kappa shape index (κ2) is 5.40. The monoisotopic (exact) mass is 248 g/mol. The van der Waals surface area contributed by atoms with Gasteiger partial charge in [-0.15, -0.1) is 0 Å². The molecule has 0 saturated heterocycles. The second-order valence-electron chi connectivity index (χ2n) is 4.84. The predicted octanol–water partition coefficient (Wildman–Crippen LogP) is 2.47. The fraction of sp³-hybridized carbons (Fsp3) is 0.500. The zero-order valence-electron chi connectivity index (χ0n) is 10.9. The van der Waals surface area contributed by atoms with Crippen molar-refractivity contribution in [3.05, 3.63) is 23.8 Å². The van der Waals surface area contributed by atoms with Crippen molar-refractivity contribution in [1.82, 2.24) is 0 Å². The van der Waals surface area contributed by atoms with Crippen LogP contribution in [0.3, 0.4) is 0 Å². The first kappa shape index (κ1) is 12.9. The summed E-state index contributed by atoms with van der Waals surface area (Å²) >= 11 is 0. The summed E-state index contributed by atoms with van der Waals surface area (Å²) in [6.45, 7) is 3.68. The number of rotatable bonds is 4. The summed E-state index contributed by atoms with van der Waals surface area (Å²) in [5, 5.41) is 2.86. The zero-order chi connectivity index (χ0) is 13.1. The van der Waals surface area contributed by atoms with Gasteiger partial charge in [0.2, 0.25) is 0 Å². The van der Waals surface area contributed by atoms with Gasteiger partial charge in [-0.3, -0.25) is 4.79 Å². The highest BCUT2D eigenvalue weighted by atomic mass is 16.5. The topological polar surface area (TPSA) is 64.3 Å². The van der Waals surface area contributed by atoms with Crippen molar-refractivity contribution >= 4 is 17.3 Å². The molecular weight excluding hydrogens is 228 g/mol. The number of ether oxygens (including phenoxy) is 1. The Kier molecular flexibility index (Phi) is 3.87. The maximum absolute atomic E-state index is 12.0. The lowest BCUT2D eigenvalue weighted by molar-refractivity contribution is -0.133. The number of amides is 1. The van der Waals surface area contributed by atoms with Crippen molar-refractivity contribution in [3.8, 4) is 0 Å². The highest BCUT2D eigenvalue weighted by Crippen LogP contribution is 2.24. The summed E-state index contributed by atoms with van der Waals surface area (Å²) < 4.78 is 5.65. The van der Waals surface area contributed by atoms with Gasteiger partial charge in [0.15, 0.2) is 0 Å². The van der Waals surface area contributed by atoms with Gasteiger partial charge in [-0.25, -0.2) is 0 Å². The van der Waals surface area contributed by atoms with Gasteiger partial charge in [0.1, 0.15) is 6.10 Å². The van der Waals surface area contributed by atoms with E-state index in [2.05, 4.69) is 5.32 Å². The molecule has 3 N–H and O–H groups in total. The van der Waals surface area contributed by atoms with E-state index in [1.165, 1.54) is 6.42 Å². The number of benzene rings is 1. The maximum Gasteiger partial charge on any atom is 0.253 e. The molecule has 0 aliphatic heterocycles. The smallest absolute Gasteiger partial charge is 0.253 e. The molecule has 0 heterocycles. The van der Waals surface area contributed by atoms with E-state index in [4.69, 9.17) is 10.5 Å². The van der Waals surface area contributed by atoms with Crippen LogP contribution in [0.1, 0.15) is 31.7 Å². The third kappa shape index (κ3) is 2.82. The molecule has 2 rings (SSSR count). The van der Waals surface area contributed by atoms with E-state index in [0.717, 1.165) is 24.1 Å². The normalized spacial score (nSPS) is 17.0. The molecule has 4 nitrogen and oxygen atoms in total. The van der Waals surface area contributed by atoms with Crippen molar-refractivity contribution < 1.29 is 9.53 Å². The third-order valence-electron chi connectivity index (χ3n) is 3.45. The van der Waals surface area contributed by atoms with Gasteiger partial charge in [-0.05, 0) is 50.8 Å². The Morgan fingerprint density at radius 3 is 2.83 bits per heavy atom. The van der Waals surface area contributed by atoms with E-state index in [1.807, 2.05) is 25.1 Å². The number of nitrogens with two attached hydrogens (primary N) is 1. The van der Waals surface area contributed by atoms with Crippen LogP contribution in [0.15, 0.2) is 18.2 Å². The minimum Gasteiger partial charge on any atom is -0.398 e. The van der Waals surface area contributed by atoms with E-state index >= 15 is 0 Å². The Labute approximate surface area is 108 Å². The molecular formula is C14H20N2O2. The van der Waals surface area contributed by atoms with E-state index in [0.29, 0.717) is 5.69 Å². The van der Waals surface area contributed by atoms with Gasteiger partial charge in [0, 0.05) is 11.4 Å². The number of hydrogen-bond donors (Lipinski definition) is 2. The molecule has 1 aromatic carbocycles. The summed E-state index contributed by atoms with van der Waals surface area (Å²) in [5.41, 5.74) is 8.13. The van der Waals surface area contributed by atoms with Crippen LogP contribution < -0.4 is 11.1 Å². The standard InChI is InChI=1S/C14H20N2O2/c1-9-12(15)7-4-8-13(9)16-14(17)10(2)18-11-5-3-6-11/h4,7-8,10-11H,3,5-6,15H2,1-2H3,(H,16,17). The summed E-state index contributed by atoms with van der Waals surface area (Å²) in [7, 11) is 0.